The number of ether oxygens (including phenoxy) is 1. The molecule has 1 aromatic heterocycles. The molecule has 5 nitrogen and oxygen atoms in total. The van der Waals surface area contributed by atoms with Gasteiger partial charge in [-0.25, -0.2) is 0 Å². The van der Waals surface area contributed by atoms with Crippen LogP contribution in [-0.4, -0.2) is 23.3 Å². The number of nitrogens with one attached hydrogen (secondary N) is 1. The van der Waals surface area contributed by atoms with E-state index in [0.717, 1.165) is 30.4 Å². The number of carbonyl (C=O) groups excluding carboxylic acids is 2. The van der Waals surface area contributed by atoms with Crippen molar-refractivity contribution in [1.82, 2.24) is 4.98 Å². The lowest BCUT2D eigenvalue weighted by atomic mass is 10.0. The Morgan fingerprint density at radius 1 is 0.853 bits per heavy atom. The van der Waals surface area contributed by atoms with Crippen molar-refractivity contribution in [2.75, 3.05) is 11.9 Å². The van der Waals surface area contributed by atoms with Crippen molar-refractivity contribution >= 4 is 17.4 Å². The summed E-state index contributed by atoms with van der Waals surface area (Å²) in [6, 6.07) is 19.8. The minimum absolute atomic E-state index is 0.00260. The van der Waals surface area contributed by atoms with E-state index in [2.05, 4.69) is 34.6 Å². The molecule has 3 rings (SSSR count). The second-order valence-corrected chi connectivity index (χ2v) is 8.96. The number of nitrogens with zero attached hydrogens (tertiary/aromatic N) is 1. The number of hydrogen-bond donors (Lipinski definition) is 1. The molecular formula is C29H34N2O3. The number of aromatic nitrogens is 1. The van der Waals surface area contributed by atoms with Gasteiger partial charge in [0.05, 0.1) is 12.3 Å². The van der Waals surface area contributed by atoms with Crippen LogP contribution in [0.3, 0.4) is 0 Å². The Morgan fingerprint density at radius 2 is 1.53 bits per heavy atom. The summed E-state index contributed by atoms with van der Waals surface area (Å²) >= 11 is 0. The first kappa shape index (κ1) is 25.2. The standard InChI is InChI=1S/C29H34N2O3/c1-22(2)20-29(33)31-27-7-3-4-8-28(27)34-19-17-24-11-9-23(10-12-24)13-15-26(32)16-14-25-6-5-18-30-21-25/h3-12,18,21-22H,13-17,19-20H2,1-2H3,(H,31,33). The normalized spacial score (nSPS) is 10.8. The van der Waals surface area contributed by atoms with E-state index >= 15 is 0 Å². The smallest absolute Gasteiger partial charge is 0.224 e. The van der Waals surface area contributed by atoms with Crippen LogP contribution in [0.4, 0.5) is 5.69 Å². The highest BCUT2D eigenvalue weighted by molar-refractivity contribution is 5.92. The van der Waals surface area contributed by atoms with Gasteiger partial charge in [-0.3, -0.25) is 14.6 Å². The molecule has 1 heterocycles. The first-order valence-electron chi connectivity index (χ1n) is 12.0. The highest BCUT2D eigenvalue weighted by Crippen LogP contribution is 2.24. The van der Waals surface area contributed by atoms with E-state index < -0.39 is 0 Å². The molecule has 2 aromatic carbocycles. The van der Waals surface area contributed by atoms with Gasteiger partial charge >= 0.3 is 0 Å². The Balaban J connectivity index is 1.40. The van der Waals surface area contributed by atoms with Crippen LogP contribution in [0, 0.1) is 5.92 Å². The lowest BCUT2D eigenvalue weighted by molar-refractivity contribution is -0.119. The summed E-state index contributed by atoms with van der Waals surface area (Å²) in [5, 5.41) is 2.94. The molecule has 0 fully saturated rings. The predicted octanol–water partition coefficient (Wildman–Crippen LogP) is 5.82. The van der Waals surface area contributed by atoms with Gasteiger partial charge in [0.2, 0.25) is 5.91 Å². The maximum Gasteiger partial charge on any atom is 0.224 e. The molecule has 5 heteroatoms. The second kappa shape index (κ2) is 13.3. The van der Waals surface area contributed by atoms with Gasteiger partial charge in [0, 0.05) is 38.1 Å². The predicted molar refractivity (Wildman–Crippen MR) is 136 cm³/mol. The zero-order valence-electron chi connectivity index (χ0n) is 20.1. The molecule has 0 unspecified atom stereocenters. The maximum atomic E-state index is 12.2. The largest absolute Gasteiger partial charge is 0.491 e. The summed E-state index contributed by atoms with van der Waals surface area (Å²) in [5.41, 5.74) is 4.14. The Kier molecular flexibility index (Phi) is 9.83. The number of Topliss-reactive ketones (excluding diaryl/α,β-unsaturated/α-hetero) is 1. The Morgan fingerprint density at radius 3 is 2.21 bits per heavy atom. The fourth-order valence-corrected chi connectivity index (χ4v) is 3.66. The van der Waals surface area contributed by atoms with Gasteiger partial charge < -0.3 is 10.1 Å². The Hall–Kier alpha value is -3.47. The number of ketones is 1. The van der Waals surface area contributed by atoms with Gasteiger partial charge in [-0.1, -0.05) is 56.3 Å². The molecule has 3 aromatic rings. The van der Waals surface area contributed by atoms with Gasteiger partial charge in [0.15, 0.2) is 0 Å². The summed E-state index contributed by atoms with van der Waals surface area (Å²) in [7, 11) is 0. The number of carbonyl (C=O) groups is 2. The third-order valence-corrected chi connectivity index (χ3v) is 5.53. The van der Waals surface area contributed by atoms with Gasteiger partial charge in [-0.2, -0.15) is 0 Å². The van der Waals surface area contributed by atoms with Gasteiger partial charge in [-0.05, 0) is 53.6 Å². The van der Waals surface area contributed by atoms with Crippen LogP contribution in [-0.2, 0) is 28.9 Å². The van der Waals surface area contributed by atoms with Crippen molar-refractivity contribution in [2.24, 2.45) is 5.92 Å². The fourth-order valence-electron chi connectivity index (χ4n) is 3.66. The first-order valence-corrected chi connectivity index (χ1v) is 12.0. The van der Waals surface area contributed by atoms with E-state index in [1.807, 2.05) is 56.4 Å². The van der Waals surface area contributed by atoms with Crippen molar-refractivity contribution in [3.63, 3.8) is 0 Å². The number of pyridine rings is 1. The van der Waals surface area contributed by atoms with E-state index in [4.69, 9.17) is 4.74 Å². The molecule has 0 aliphatic heterocycles. The van der Waals surface area contributed by atoms with E-state index in [-0.39, 0.29) is 11.7 Å². The number of para-hydroxylation sites is 2. The van der Waals surface area contributed by atoms with E-state index in [0.29, 0.717) is 43.2 Å². The fraction of sp³-hybridized carbons (Fsp3) is 0.345. The van der Waals surface area contributed by atoms with Crippen LogP contribution in [0.25, 0.3) is 0 Å². The Bertz CT molecular complexity index is 1050. The van der Waals surface area contributed by atoms with E-state index in [9.17, 15) is 9.59 Å². The lowest BCUT2D eigenvalue weighted by Gasteiger charge is -2.13. The van der Waals surface area contributed by atoms with Crippen molar-refractivity contribution in [1.29, 1.82) is 0 Å². The van der Waals surface area contributed by atoms with Crippen molar-refractivity contribution in [3.05, 3.63) is 89.7 Å². The van der Waals surface area contributed by atoms with Crippen molar-refractivity contribution in [2.45, 2.75) is 52.4 Å². The number of aryl methyl sites for hydroxylation is 2. The third kappa shape index (κ3) is 8.81. The van der Waals surface area contributed by atoms with Gasteiger partial charge in [0.1, 0.15) is 11.5 Å². The van der Waals surface area contributed by atoms with Gasteiger partial charge in [-0.15, -0.1) is 0 Å². The van der Waals surface area contributed by atoms with Crippen LogP contribution in [0.2, 0.25) is 0 Å². The molecule has 0 saturated carbocycles. The molecule has 1 N–H and O–H groups in total. The minimum Gasteiger partial charge on any atom is -0.491 e. The number of hydrogen-bond acceptors (Lipinski definition) is 4. The third-order valence-electron chi connectivity index (χ3n) is 5.53. The van der Waals surface area contributed by atoms with Crippen LogP contribution in [0.15, 0.2) is 73.1 Å². The van der Waals surface area contributed by atoms with Crippen LogP contribution >= 0.6 is 0 Å². The highest BCUT2D eigenvalue weighted by atomic mass is 16.5. The zero-order chi connectivity index (χ0) is 24.2. The molecule has 1 amide bonds. The number of benzene rings is 2. The molecule has 0 aliphatic carbocycles. The Labute approximate surface area is 202 Å². The SMILES string of the molecule is CC(C)CC(=O)Nc1ccccc1OCCc1ccc(CCC(=O)CCc2cccnc2)cc1. The summed E-state index contributed by atoms with van der Waals surface area (Å²) < 4.78 is 5.96. The zero-order valence-corrected chi connectivity index (χ0v) is 20.1. The number of amides is 1. The van der Waals surface area contributed by atoms with E-state index in [1.165, 1.54) is 5.56 Å². The lowest BCUT2D eigenvalue weighted by Crippen LogP contribution is -2.15. The van der Waals surface area contributed by atoms with Crippen LogP contribution < -0.4 is 10.1 Å². The average molecular weight is 459 g/mol. The molecule has 34 heavy (non-hydrogen) atoms. The van der Waals surface area contributed by atoms with Crippen molar-refractivity contribution in [3.8, 4) is 5.75 Å². The van der Waals surface area contributed by atoms with Crippen LogP contribution in [0.5, 0.6) is 5.75 Å². The molecule has 0 saturated heterocycles. The summed E-state index contributed by atoms with van der Waals surface area (Å²) in [5.74, 6) is 1.26. The number of anilines is 1. The molecule has 0 bridgehead atoms. The van der Waals surface area contributed by atoms with Gasteiger partial charge in [0.25, 0.3) is 0 Å². The monoisotopic (exact) mass is 458 g/mol. The number of rotatable bonds is 13. The van der Waals surface area contributed by atoms with Crippen molar-refractivity contribution < 1.29 is 14.3 Å². The first-order chi connectivity index (χ1) is 16.5. The molecule has 178 valence electrons. The average Bonchev–Trinajstić information content (AvgIpc) is 2.83. The molecule has 0 radical (unpaired) electrons. The van der Waals surface area contributed by atoms with Crippen LogP contribution in [0.1, 0.15) is 49.8 Å². The van der Waals surface area contributed by atoms with E-state index in [1.54, 1.807) is 6.20 Å². The molecule has 0 aliphatic rings. The molecule has 0 atom stereocenters. The second-order valence-electron chi connectivity index (χ2n) is 8.96. The molecule has 0 spiro atoms. The summed E-state index contributed by atoms with van der Waals surface area (Å²) in [6.07, 6.45) is 7.42. The molecular weight excluding hydrogens is 424 g/mol. The summed E-state index contributed by atoms with van der Waals surface area (Å²) in [4.78, 5) is 28.4. The quantitative estimate of drug-likeness (QED) is 0.350. The summed E-state index contributed by atoms with van der Waals surface area (Å²) in [6.45, 7) is 4.56. The highest BCUT2D eigenvalue weighted by Gasteiger charge is 2.09. The minimum atomic E-state index is -0.00260. The topological polar surface area (TPSA) is 68.3 Å². The maximum absolute atomic E-state index is 12.2.